The first kappa shape index (κ1) is 16.8. The van der Waals surface area contributed by atoms with E-state index in [4.69, 9.17) is 14.2 Å². The van der Waals surface area contributed by atoms with Gasteiger partial charge in [-0.05, 0) is 67.8 Å². The van der Waals surface area contributed by atoms with Crippen molar-refractivity contribution in [3.05, 3.63) is 53.1 Å². The van der Waals surface area contributed by atoms with Crippen LogP contribution in [0.4, 0.5) is 0 Å². The van der Waals surface area contributed by atoms with Gasteiger partial charge in [-0.3, -0.25) is 4.79 Å². The predicted molar refractivity (Wildman–Crippen MR) is 94.3 cm³/mol. The molecule has 1 aliphatic heterocycles. The van der Waals surface area contributed by atoms with E-state index in [0.717, 1.165) is 16.7 Å². The summed E-state index contributed by atoms with van der Waals surface area (Å²) in [5.41, 5.74) is 5.45. The van der Waals surface area contributed by atoms with Gasteiger partial charge in [-0.15, -0.1) is 0 Å². The van der Waals surface area contributed by atoms with Crippen molar-refractivity contribution in [2.45, 2.75) is 26.9 Å². The number of benzene rings is 2. The predicted octanol–water partition coefficient (Wildman–Crippen LogP) is 2.95. The smallest absolute Gasteiger partial charge is 0.280 e. The maximum atomic E-state index is 12.1. The van der Waals surface area contributed by atoms with E-state index in [2.05, 4.69) is 10.5 Å². The van der Waals surface area contributed by atoms with Crippen LogP contribution in [0.1, 0.15) is 23.6 Å². The Morgan fingerprint density at radius 2 is 1.88 bits per heavy atom. The molecule has 0 saturated heterocycles. The number of amides is 1. The highest BCUT2D eigenvalue weighted by Gasteiger charge is 2.15. The average Bonchev–Trinajstić information content (AvgIpc) is 3.01. The Bertz CT molecular complexity index is 797. The molecule has 1 amide bonds. The van der Waals surface area contributed by atoms with Crippen molar-refractivity contribution < 1.29 is 19.0 Å². The second-order valence-corrected chi connectivity index (χ2v) is 5.93. The number of rotatable bonds is 5. The van der Waals surface area contributed by atoms with Crippen LogP contribution in [0, 0.1) is 13.8 Å². The van der Waals surface area contributed by atoms with E-state index in [1.54, 1.807) is 25.3 Å². The highest BCUT2D eigenvalue weighted by atomic mass is 16.7. The van der Waals surface area contributed by atoms with Gasteiger partial charge in [-0.25, -0.2) is 5.43 Å². The van der Waals surface area contributed by atoms with Gasteiger partial charge in [0.05, 0.1) is 6.21 Å². The maximum Gasteiger partial charge on any atom is 0.280 e. The Kier molecular flexibility index (Phi) is 4.88. The lowest BCUT2D eigenvalue weighted by Crippen LogP contribution is -2.33. The molecule has 2 aromatic carbocycles. The molecule has 3 rings (SSSR count). The SMILES string of the molecule is Cc1cc(C)cc(OC(C)C(=O)NN=Cc2ccc3c(c2)OCO3)c1. The van der Waals surface area contributed by atoms with Gasteiger partial charge in [-0.1, -0.05) is 6.07 Å². The quantitative estimate of drug-likeness (QED) is 0.671. The van der Waals surface area contributed by atoms with Gasteiger partial charge in [0.15, 0.2) is 17.6 Å². The van der Waals surface area contributed by atoms with Gasteiger partial charge < -0.3 is 14.2 Å². The van der Waals surface area contributed by atoms with Crippen LogP contribution in [0.5, 0.6) is 17.2 Å². The third kappa shape index (κ3) is 4.29. The molecule has 6 nitrogen and oxygen atoms in total. The van der Waals surface area contributed by atoms with Crippen molar-refractivity contribution in [3.63, 3.8) is 0 Å². The average molecular weight is 340 g/mol. The minimum Gasteiger partial charge on any atom is -0.481 e. The molecule has 0 bridgehead atoms. The van der Waals surface area contributed by atoms with Crippen LogP contribution in [0.25, 0.3) is 0 Å². The first-order valence-electron chi connectivity index (χ1n) is 7.99. The normalized spacial score (nSPS) is 13.7. The zero-order chi connectivity index (χ0) is 17.8. The zero-order valence-corrected chi connectivity index (χ0v) is 14.4. The molecule has 2 aromatic rings. The van der Waals surface area contributed by atoms with Crippen LogP contribution >= 0.6 is 0 Å². The van der Waals surface area contributed by atoms with Crippen molar-refractivity contribution in [1.29, 1.82) is 0 Å². The lowest BCUT2D eigenvalue weighted by Gasteiger charge is -2.14. The molecule has 0 saturated carbocycles. The maximum absolute atomic E-state index is 12.1. The summed E-state index contributed by atoms with van der Waals surface area (Å²) in [6.07, 6.45) is 0.888. The number of fused-ring (bicyclic) bond motifs is 1. The molecular weight excluding hydrogens is 320 g/mol. The number of aryl methyl sites for hydroxylation is 2. The topological polar surface area (TPSA) is 69.2 Å². The fourth-order valence-corrected chi connectivity index (χ4v) is 2.51. The fraction of sp³-hybridized carbons (Fsp3) is 0.263. The van der Waals surface area contributed by atoms with Crippen LogP contribution in [-0.4, -0.2) is 25.0 Å². The molecule has 1 unspecified atom stereocenters. The van der Waals surface area contributed by atoms with Crippen molar-refractivity contribution in [1.82, 2.24) is 5.43 Å². The van der Waals surface area contributed by atoms with E-state index in [0.29, 0.717) is 17.2 Å². The number of nitrogens with one attached hydrogen (secondary N) is 1. The van der Waals surface area contributed by atoms with Crippen LogP contribution in [0.2, 0.25) is 0 Å². The lowest BCUT2D eigenvalue weighted by atomic mass is 10.1. The summed E-state index contributed by atoms with van der Waals surface area (Å²) in [5, 5.41) is 3.96. The van der Waals surface area contributed by atoms with Crippen molar-refractivity contribution in [3.8, 4) is 17.2 Å². The van der Waals surface area contributed by atoms with Gasteiger partial charge in [0.25, 0.3) is 5.91 Å². The minimum absolute atomic E-state index is 0.222. The number of carbonyl (C=O) groups is 1. The van der Waals surface area contributed by atoms with Gasteiger partial charge in [0.2, 0.25) is 6.79 Å². The number of hydrogen-bond acceptors (Lipinski definition) is 5. The highest BCUT2D eigenvalue weighted by molar-refractivity contribution is 5.85. The van der Waals surface area contributed by atoms with E-state index in [-0.39, 0.29) is 12.7 Å². The van der Waals surface area contributed by atoms with E-state index in [9.17, 15) is 4.79 Å². The van der Waals surface area contributed by atoms with Gasteiger partial charge >= 0.3 is 0 Å². The van der Waals surface area contributed by atoms with E-state index in [1.165, 1.54) is 0 Å². The minimum atomic E-state index is -0.657. The first-order chi connectivity index (χ1) is 12.0. The monoisotopic (exact) mass is 340 g/mol. The highest BCUT2D eigenvalue weighted by Crippen LogP contribution is 2.31. The molecule has 1 atom stereocenters. The molecule has 1 aliphatic rings. The molecule has 0 fully saturated rings. The summed E-state index contributed by atoms with van der Waals surface area (Å²) in [6.45, 7) is 5.88. The molecule has 1 heterocycles. The summed E-state index contributed by atoms with van der Waals surface area (Å²) in [7, 11) is 0. The van der Waals surface area contributed by atoms with Crippen LogP contribution < -0.4 is 19.6 Å². The van der Waals surface area contributed by atoms with Crippen LogP contribution in [0.15, 0.2) is 41.5 Å². The van der Waals surface area contributed by atoms with Crippen LogP contribution in [-0.2, 0) is 4.79 Å². The lowest BCUT2D eigenvalue weighted by molar-refractivity contribution is -0.127. The van der Waals surface area contributed by atoms with Crippen molar-refractivity contribution >= 4 is 12.1 Å². The molecule has 0 radical (unpaired) electrons. The number of ether oxygens (including phenoxy) is 3. The van der Waals surface area contributed by atoms with E-state index < -0.39 is 6.10 Å². The summed E-state index contributed by atoms with van der Waals surface area (Å²) in [5.74, 6) is 1.72. The van der Waals surface area contributed by atoms with Crippen LogP contribution in [0.3, 0.4) is 0 Å². The first-order valence-corrected chi connectivity index (χ1v) is 7.99. The third-order valence-electron chi connectivity index (χ3n) is 3.66. The number of hydrazone groups is 1. The standard InChI is InChI=1S/C19H20N2O4/c1-12-6-13(2)8-16(7-12)25-14(3)19(22)21-20-10-15-4-5-17-18(9-15)24-11-23-17/h4-10,14H,11H2,1-3H3,(H,21,22). The van der Waals surface area contributed by atoms with Crippen molar-refractivity contribution in [2.24, 2.45) is 5.10 Å². The molecule has 6 heteroatoms. The number of carbonyl (C=O) groups excluding carboxylic acids is 1. The Labute approximate surface area is 146 Å². The largest absolute Gasteiger partial charge is 0.481 e. The summed E-state index contributed by atoms with van der Waals surface area (Å²) in [4.78, 5) is 12.1. The second-order valence-electron chi connectivity index (χ2n) is 5.93. The summed E-state index contributed by atoms with van der Waals surface area (Å²) < 4.78 is 16.2. The Morgan fingerprint density at radius 1 is 1.16 bits per heavy atom. The van der Waals surface area contributed by atoms with Gasteiger partial charge in [0, 0.05) is 0 Å². The Hall–Kier alpha value is -3.02. The Balaban J connectivity index is 1.56. The van der Waals surface area contributed by atoms with E-state index >= 15 is 0 Å². The van der Waals surface area contributed by atoms with Gasteiger partial charge in [-0.2, -0.15) is 5.10 Å². The van der Waals surface area contributed by atoms with Crippen molar-refractivity contribution in [2.75, 3.05) is 6.79 Å². The molecule has 0 spiro atoms. The third-order valence-corrected chi connectivity index (χ3v) is 3.66. The van der Waals surface area contributed by atoms with Gasteiger partial charge in [0.1, 0.15) is 5.75 Å². The summed E-state index contributed by atoms with van der Waals surface area (Å²) >= 11 is 0. The second kappa shape index (κ2) is 7.25. The number of nitrogens with zero attached hydrogens (tertiary/aromatic N) is 1. The molecule has 25 heavy (non-hydrogen) atoms. The fourth-order valence-electron chi connectivity index (χ4n) is 2.51. The Morgan fingerprint density at radius 3 is 2.64 bits per heavy atom. The molecule has 130 valence electrons. The molecule has 0 aliphatic carbocycles. The summed E-state index contributed by atoms with van der Waals surface area (Å²) in [6, 6.07) is 11.3. The van der Waals surface area contributed by atoms with E-state index in [1.807, 2.05) is 38.1 Å². The zero-order valence-electron chi connectivity index (χ0n) is 14.4. The molecular formula is C19H20N2O4. The molecule has 0 aromatic heterocycles. The number of hydrogen-bond donors (Lipinski definition) is 1. The molecule has 1 N–H and O–H groups in total.